The number of nitrogens with zero attached hydrogens (tertiary/aromatic N) is 3. The zero-order valence-corrected chi connectivity index (χ0v) is 29.4. The first-order valence-corrected chi connectivity index (χ1v) is 17.1. The fraction of sp³-hybridized carbons (Fsp3) is 0.500. The average Bonchev–Trinajstić information content (AvgIpc) is 3.03. The second-order valence-corrected chi connectivity index (χ2v) is 14.7. The van der Waals surface area contributed by atoms with Gasteiger partial charge in [0.05, 0.1) is 17.7 Å². The molecule has 2 saturated carbocycles. The van der Waals surface area contributed by atoms with E-state index < -0.39 is 22.8 Å². The molecule has 1 heterocycles. The summed E-state index contributed by atoms with van der Waals surface area (Å²) in [6, 6.07) is 19.5. The minimum Gasteiger partial charge on any atom is -0.450 e. The van der Waals surface area contributed by atoms with Crippen LogP contribution in [0.5, 0.6) is 0 Å². The van der Waals surface area contributed by atoms with Gasteiger partial charge < -0.3 is 30.1 Å². The summed E-state index contributed by atoms with van der Waals surface area (Å²) in [5, 5.41) is 25.6. The molecule has 2 aliphatic rings. The molecule has 11 nitrogen and oxygen atoms in total. The van der Waals surface area contributed by atoms with Gasteiger partial charge in [-0.2, -0.15) is 0 Å². The number of aromatic nitrogens is 2. The van der Waals surface area contributed by atoms with Crippen LogP contribution < -0.4 is 10.6 Å². The lowest BCUT2D eigenvalue weighted by Crippen LogP contribution is -2.62. The second-order valence-electron chi connectivity index (χ2n) is 14.7. The van der Waals surface area contributed by atoms with Crippen molar-refractivity contribution in [3.63, 3.8) is 0 Å². The Labute approximate surface area is 288 Å². The molecule has 0 radical (unpaired) electrons. The van der Waals surface area contributed by atoms with Crippen LogP contribution in [0.2, 0.25) is 0 Å². The Balaban J connectivity index is 1.30. The van der Waals surface area contributed by atoms with Gasteiger partial charge in [0.1, 0.15) is 11.3 Å². The van der Waals surface area contributed by atoms with Crippen molar-refractivity contribution >= 4 is 23.9 Å². The van der Waals surface area contributed by atoms with E-state index in [0.717, 1.165) is 47.9 Å². The molecule has 3 amide bonds. The third kappa shape index (κ3) is 8.94. The fourth-order valence-corrected chi connectivity index (χ4v) is 7.13. The molecule has 0 atom stereocenters. The van der Waals surface area contributed by atoms with Crippen LogP contribution in [-0.2, 0) is 19.8 Å². The Kier molecular flexibility index (Phi) is 10.6. The molecule has 0 bridgehead atoms. The number of nitrogens with one attached hydrogen (secondary N) is 2. The molecule has 2 aromatic carbocycles. The van der Waals surface area contributed by atoms with Crippen LogP contribution in [0, 0.1) is 5.92 Å². The van der Waals surface area contributed by atoms with Crippen molar-refractivity contribution in [2.45, 2.75) is 102 Å². The van der Waals surface area contributed by atoms with Gasteiger partial charge in [-0.25, -0.2) is 9.59 Å². The number of aliphatic hydroxyl groups is 1. The Hall–Kier alpha value is -4.51. The van der Waals surface area contributed by atoms with Crippen LogP contribution in [-0.4, -0.2) is 69.2 Å². The highest BCUT2D eigenvalue weighted by Gasteiger charge is 2.53. The Morgan fingerprint density at radius 2 is 1.61 bits per heavy atom. The SMILES string of the molecule is CCOC(=O)N(C)C1CCC(CC(=O)Nc2cc(-c3ccccc3)c(-c3ccc(C4(NC(=O)OC(C)(C)C)CC(C)(O)C4)cc3)nn2)CC1. The first kappa shape index (κ1) is 35.8. The van der Waals surface area contributed by atoms with Crippen molar-refractivity contribution in [3.05, 3.63) is 66.2 Å². The number of hydrogen-bond acceptors (Lipinski definition) is 8. The van der Waals surface area contributed by atoms with Gasteiger partial charge in [-0.05, 0) is 83.4 Å². The van der Waals surface area contributed by atoms with Crippen LogP contribution in [0.3, 0.4) is 0 Å². The Bertz CT molecular complexity index is 1620. The lowest BCUT2D eigenvalue weighted by Gasteiger charge is -2.52. The van der Waals surface area contributed by atoms with Gasteiger partial charge >= 0.3 is 12.2 Å². The van der Waals surface area contributed by atoms with Crippen LogP contribution in [0.4, 0.5) is 15.4 Å². The number of anilines is 1. The lowest BCUT2D eigenvalue weighted by atomic mass is 9.62. The standard InChI is InChI=1S/C38H49N5O6/c1-7-48-35(46)43(6)29-19-13-25(14-20-29)21-32(44)39-31-22-30(26-11-9-8-10-12-26)33(42-41-31)27-15-17-28(18-16-27)38(23-37(5,47)24-38)40-34(45)49-36(2,3)4/h8-12,15-18,22,25,29,47H,7,13-14,19-21,23-24H2,1-6H3,(H,40,45)(H,39,41,44). The molecule has 0 saturated heterocycles. The van der Waals surface area contributed by atoms with E-state index in [4.69, 9.17) is 9.47 Å². The molecule has 2 fully saturated rings. The summed E-state index contributed by atoms with van der Waals surface area (Å²) in [4.78, 5) is 39.7. The van der Waals surface area contributed by atoms with Crippen LogP contribution in [0.1, 0.15) is 85.1 Å². The third-order valence-electron chi connectivity index (χ3n) is 9.36. The van der Waals surface area contributed by atoms with E-state index in [1.54, 1.807) is 25.8 Å². The molecule has 11 heteroatoms. The number of rotatable bonds is 9. The molecular formula is C38H49N5O6. The number of amides is 3. The van der Waals surface area contributed by atoms with Crippen molar-refractivity contribution in [2.75, 3.05) is 19.0 Å². The minimum atomic E-state index is -0.903. The maximum Gasteiger partial charge on any atom is 0.409 e. The van der Waals surface area contributed by atoms with E-state index in [1.165, 1.54) is 0 Å². The van der Waals surface area contributed by atoms with Crippen LogP contribution in [0.15, 0.2) is 60.7 Å². The largest absolute Gasteiger partial charge is 0.450 e. The molecule has 5 rings (SSSR count). The number of ether oxygens (including phenoxy) is 2. The van der Waals surface area contributed by atoms with Crippen molar-refractivity contribution in [2.24, 2.45) is 5.92 Å². The van der Waals surface area contributed by atoms with E-state index in [9.17, 15) is 19.5 Å². The highest BCUT2D eigenvalue weighted by Crippen LogP contribution is 2.48. The molecule has 0 aliphatic heterocycles. The summed E-state index contributed by atoms with van der Waals surface area (Å²) >= 11 is 0. The second kappa shape index (κ2) is 14.5. The predicted molar refractivity (Wildman–Crippen MR) is 188 cm³/mol. The van der Waals surface area contributed by atoms with E-state index in [-0.39, 0.29) is 24.0 Å². The maximum atomic E-state index is 13.1. The zero-order chi connectivity index (χ0) is 35.4. The molecule has 49 heavy (non-hydrogen) atoms. The lowest BCUT2D eigenvalue weighted by molar-refractivity contribution is -0.117. The van der Waals surface area contributed by atoms with Crippen molar-refractivity contribution in [1.82, 2.24) is 20.4 Å². The van der Waals surface area contributed by atoms with Gasteiger partial charge in [-0.1, -0.05) is 54.6 Å². The molecule has 2 aliphatic carbocycles. The number of carbonyl (C=O) groups excluding carboxylic acids is 3. The smallest absolute Gasteiger partial charge is 0.409 e. The minimum absolute atomic E-state index is 0.119. The third-order valence-corrected chi connectivity index (χ3v) is 9.36. The normalized spacial score (nSPS) is 23.5. The topological polar surface area (TPSA) is 143 Å². The molecule has 3 N–H and O–H groups in total. The molecule has 0 unspecified atom stereocenters. The van der Waals surface area contributed by atoms with Gasteiger partial charge in [-0.15, -0.1) is 10.2 Å². The summed E-state index contributed by atoms with van der Waals surface area (Å²) in [6.45, 7) is 9.35. The summed E-state index contributed by atoms with van der Waals surface area (Å²) in [5.41, 5.74) is 1.74. The molecular weight excluding hydrogens is 622 g/mol. The number of hydrogen-bond donors (Lipinski definition) is 3. The number of benzene rings is 2. The quantitative estimate of drug-likeness (QED) is 0.220. The van der Waals surface area contributed by atoms with Gasteiger partial charge in [0.15, 0.2) is 5.82 Å². The zero-order valence-electron chi connectivity index (χ0n) is 29.4. The number of carbonyl (C=O) groups is 3. The van der Waals surface area contributed by atoms with Gasteiger partial charge in [0, 0.05) is 43.5 Å². The molecule has 0 spiro atoms. The monoisotopic (exact) mass is 671 g/mol. The van der Waals surface area contributed by atoms with Crippen molar-refractivity contribution < 1.29 is 29.0 Å². The fourth-order valence-electron chi connectivity index (χ4n) is 7.13. The summed E-state index contributed by atoms with van der Waals surface area (Å²) in [6.07, 6.45) is 3.61. The Morgan fingerprint density at radius 1 is 0.959 bits per heavy atom. The number of alkyl carbamates (subject to hydrolysis) is 1. The molecule has 3 aromatic rings. The van der Waals surface area contributed by atoms with E-state index in [1.807, 2.05) is 81.4 Å². The predicted octanol–water partition coefficient (Wildman–Crippen LogP) is 7.05. The summed E-state index contributed by atoms with van der Waals surface area (Å²) in [5.74, 6) is 0.475. The van der Waals surface area contributed by atoms with Crippen LogP contribution in [0.25, 0.3) is 22.4 Å². The highest BCUT2D eigenvalue weighted by atomic mass is 16.6. The van der Waals surface area contributed by atoms with E-state index in [2.05, 4.69) is 20.8 Å². The average molecular weight is 672 g/mol. The van der Waals surface area contributed by atoms with Gasteiger partial charge in [-0.3, -0.25) is 4.79 Å². The van der Waals surface area contributed by atoms with Crippen LogP contribution >= 0.6 is 0 Å². The summed E-state index contributed by atoms with van der Waals surface area (Å²) < 4.78 is 10.7. The maximum absolute atomic E-state index is 13.1. The first-order chi connectivity index (χ1) is 23.2. The van der Waals surface area contributed by atoms with E-state index in [0.29, 0.717) is 37.4 Å². The molecule has 1 aromatic heterocycles. The van der Waals surface area contributed by atoms with E-state index >= 15 is 0 Å². The first-order valence-electron chi connectivity index (χ1n) is 17.1. The highest BCUT2D eigenvalue weighted by molar-refractivity contribution is 5.91. The van der Waals surface area contributed by atoms with Gasteiger partial charge in [0.25, 0.3) is 0 Å². The van der Waals surface area contributed by atoms with Gasteiger partial charge in [0.2, 0.25) is 5.91 Å². The Morgan fingerprint density at radius 3 is 2.20 bits per heavy atom. The van der Waals surface area contributed by atoms with Crippen molar-refractivity contribution in [1.29, 1.82) is 0 Å². The molecule has 262 valence electrons. The van der Waals surface area contributed by atoms with Crippen molar-refractivity contribution in [3.8, 4) is 22.4 Å². The summed E-state index contributed by atoms with van der Waals surface area (Å²) in [7, 11) is 1.77.